The van der Waals surface area contributed by atoms with Crippen molar-refractivity contribution in [3.63, 3.8) is 0 Å². The van der Waals surface area contributed by atoms with Crippen LogP contribution in [0, 0.1) is 6.92 Å². The molecular formula is C19H28O3S. The van der Waals surface area contributed by atoms with Crippen molar-refractivity contribution in [3.8, 4) is 0 Å². The minimum absolute atomic E-state index is 0.252. The average molecular weight is 336 g/mol. The molecule has 1 N–H and O–H groups in total. The first-order valence-corrected chi connectivity index (χ1v) is 10.5. The largest absolute Gasteiger partial charge is 0.295 e. The zero-order valence-electron chi connectivity index (χ0n) is 14.1. The Morgan fingerprint density at radius 2 is 1.22 bits per heavy atom. The predicted molar refractivity (Wildman–Crippen MR) is 92.6 cm³/mol. The monoisotopic (exact) mass is 336 g/mol. The van der Waals surface area contributed by atoms with E-state index in [0.29, 0.717) is 0 Å². The molecule has 128 valence electrons. The Kier molecular flexibility index (Phi) is 5.12. The summed E-state index contributed by atoms with van der Waals surface area (Å²) in [5, 5.41) is 0. The smallest absolute Gasteiger partial charge is 0.282 e. The molecule has 0 bridgehead atoms. The minimum atomic E-state index is -4.18. The van der Waals surface area contributed by atoms with Gasteiger partial charge in [-0.25, -0.2) is 0 Å². The summed E-state index contributed by atoms with van der Waals surface area (Å²) < 4.78 is 34.4. The zero-order valence-corrected chi connectivity index (χ0v) is 14.9. The molecule has 1 aromatic carbocycles. The van der Waals surface area contributed by atoms with Gasteiger partial charge < -0.3 is 0 Å². The minimum Gasteiger partial charge on any atom is -0.282 e. The van der Waals surface area contributed by atoms with Crippen LogP contribution >= 0.6 is 0 Å². The maximum atomic E-state index is 12.2. The molecule has 1 aromatic rings. The quantitative estimate of drug-likeness (QED) is 0.758. The Labute approximate surface area is 140 Å². The summed E-state index contributed by atoms with van der Waals surface area (Å²) >= 11 is 0. The summed E-state index contributed by atoms with van der Waals surface area (Å²) in [7, 11) is -4.18. The molecule has 0 spiro atoms. The first kappa shape index (κ1) is 17.0. The highest BCUT2D eigenvalue weighted by Crippen LogP contribution is 2.42. The first-order valence-electron chi connectivity index (χ1n) is 9.09. The van der Waals surface area contributed by atoms with Crippen LogP contribution < -0.4 is 0 Å². The number of benzene rings is 1. The van der Waals surface area contributed by atoms with Crippen molar-refractivity contribution in [1.29, 1.82) is 0 Å². The van der Waals surface area contributed by atoms with Crippen molar-refractivity contribution in [2.75, 3.05) is 0 Å². The SMILES string of the molecule is Cc1cc(C2CCCCC2)c(S(=O)(=O)O)c(C2CCCCC2)c1. The van der Waals surface area contributed by atoms with E-state index in [2.05, 4.69) is 0 Å². The van der Waals surface area contributed by atoms with E-state index in [0.717, 1.165) is 68.1 Å². The van der Waals surface area contributed by atoms with Crippen molar-refractivity contribution < 1.29 is 13.0 Å². The molecule has 0 saturated heterocycles. The van der Waals surface area contributed by atoms with Gasteiger partial charge in [0.2, 0.25) is 0 Å². The van der Waals surface area contributed by atoms with Gasteiger partial charge in [0.25, 0.3) is 10.1 Å². The molecular weight excluding hydrogens is 308 g/mol. The molecule has 0 radical (unpaired) electrons. The summed E-state index contributed by atoms with van der Waals surface area (Å²) in [6.45, 7) is 2.05. The Morgan fingerprint density at radius 1 is 0.826 bits per heavy atom. The van der Waals surface area contributed by atoms with Crippen LogP contribution in [0.15, 0.2) is 17.0 Å². The number of rotatable bonds is 3. The van der Waals surface area contributed by atoms with Crippen LogP contribution in [0.5, 0.6) is 0 Å². The Morgan fingerprint density at radius 3 is 1.57 bits per heavy atom. The summed E-state index contributed by atoms with van der Waals surface area (Å²) in [5.74, 6) is 0.561. The van der Waals surface area contributed by atoms with E-state index in [4.69, 9.17) is 0 Å². The first-order chi connectivity index (χ1) is 11.0. The van der Waals surface area contributed by atoms with Crippen LogP contribution in [-0.4, -0.2) is 13.0 Å². The van der Waals surface area contributed by atoms with Crippen molar-refractivity contribution in [2.24, 2.45) is 0 Å². The number of hydrogen-bond donors (Lipinski definition) is 1. The van der Waals surface area contributed by atoms with Gasteiger partial charge in [-0.3, -0.25) is 4.55 Å². The van der Waals surface area contributed by atoms with E-state index in [1.165, 1.54) is 12.8 Å². The fraction of sp³-hybridized carbons (Fsp3) is 0.684. The van der Waals surface area contributed by atoms with E-state index >= 15 is 0 Å². The molecule has 0 aromatic heterocycles. The highest BCUT2D eigenvalue weighted by Gasteiger charge is 2.30. The standard InChI is InChI=1S/C19H28O3S/c1-14-12-17(15-8-4-2-5-9-15)19(23(20,21)22)18(13-14)16-10-6-3-7-11-16/h12-13,15-16H,2-11H2,1H3,(H,20,21,22). The molecule has 0 atom stereocenters. The molecule has 0 heterocycles. The number of aryl methyl sites for hydroxylation is 1. The molecule has 2 aliphatic carbocycles. The third kappa shape index (κ3) is 3.80. The van der Waals surface area contributed by atoms with Gasteiger partial charge in [-0.2, -0.15) is 8.42 Å². The van der Waals surface area contributed by atoms with Crippen molar-refractivity contribution in [3.05, 3.63) is 28.8 Å². The van der Waals surface area contributed by atoms with Gasteiger partial charge in [-0.05, 0) is 55.6 Å². The average Bonchev–Trinajstić information content (AvgIpc) is 2.54. The molecule has 3 rings (SSSR count). The second kappa shape index (κ2) is 6.94. The Bertz CT molecular complexity index is 612. The highest BCUT2D eigenvalue weighted by atomic mass is 32.2. The van der Waals surface area contributed by atoms with Crippen LogP contribution in [0.1, 0.15) is 92.7 Å². The molecule has 3 nitrogen and oxygen atoms in total. The van der Waals surface area contributed by atoms with Gasteiger partial charge in [-0.15, -0.1) is 0 Å². The molecule has 0 aliphatic heterocycles. The summed E-state index contributed by atoms with van der Waals surface area (Å²) in [6, 6.07) is 4.01. The Hall–Kier alpha value is -0.870. The topological polar surface area (TPSA) is 54.4 Å². The molecule has 0 amide bonds. The third-order valence-electron chi connectivity index (χ3n) is 5.64. The van der Waals surface area contributed by atoms with Crippen molar-refractivity contribution in [1.82, 2.24) is 0 Å². The lowest BCUT2D eigenvalue weighted by Gasteiger charge is -2.29. The van der Waals surface area contributed by atoms with Crippen molar-refractivity contribution >= 4 is 10.1 Å². The van der Waals surface area contributed by atoms with E-state index in [1.54, 1.807) is 0 Å². The van der Waals surface area contributed by atoms with Gasteiger partial charge in [-0.1, -0.05) is 56.2 Å². The summed E-state index contributed by atoms with van der Waals surface area (Å²) in [5.41, 5.74) is 2.89. The van der Waals surface area contributed by atoms with Crippen LogP contribution in [0.4, 0.5) is 0 Å². The van der Waals surface area contributed by atoms with Crippen LogP contribution in [0.3, 0.4) is 0 Å². The number of hydrogen-bond acceptors (Lipinski definition) is 2. The van der Waals surface area contributed by atoms with Crippen LogP contribution in [0.25, 0.3) is 0 Å². The van der Waals surface area contributed by atoms with E-state index < -0.39 is 10.1 Å². The maximum Gasteiger partial charge on any atom is 0.295 e. The fourth-order valence-electron chi connectivity index (χ4n) is 4.56. The van der Waals surface area contributed by atoms with E-state index in [1.807, 2.05) is 19.1 Å². The molecule has 0 unspecified atom stereocenters. The third-order valence-corrected chi connectivity index (χ3v) is 6.63. The predicted octanol–water partition coefficient (Wildman–Crippen LogP) is 5.34. The lowest BCUT2D eigenvalue weighted by atomic mass is 9.79. The van der Waals surface area contributed by atoms with Gasteiger partial charge in [0.15, 0.2) is 0 Å². The van der Waals surface area contributed by atoms with E-state index in [9.17, 15) is 13.0 Å². The van der Waals surface area contributed by atoms with Crippen molar-refractivity contribution in [2.45, 2.75) is 87.9 Å². The Balaban J connectivity index is 2.12. The summed E-state index contributed by atoms with van der Waals surface area (Å²) in [4.78, 5) is 0.252. The molecule has 2 saturated carbocycles. The van der Waals surface area contributed by atoms with Gasteiger partial charge >= 0.3 is 0 Å². The fourth-order valence-corrected chi connectivity index (χ4v) is 5.61. The summed E-state index contributed by atoms with van der Waals surface area (Å²) in [6.07, 6.45) is 11.2. The second-order valence-electron chi connectivity index (χ2n) is 7.42. The van der Waals surface area contributed by atoms with Crippen LogP contribution in [-0.2, 0) is 10.1 Å². The zero-order chi connectivity index (χ0) is 16.4. The normalized spacial score (nSPS) is 21.5. The van der Waals surface area contributed by atoms with E-state index in [-0.39, 0.29) is 16.7 Å². The van der Waals surface area contributed by atoms with Gasteiger partial charge in [0.05, 0.1) is 0 Å². The molecule has 2 aliphatic rings. The second-order valence-corrected chi connectivity index (χ2v) is 8.78. The molecule has 2 fully saturated rings. The maximum absolute atomic E-state index is 12.2. The highest BCUT2D eigenvalue weighted by molar-refractivity contribution is 7.86. The van der Waals surface area contributed by atoms with Crippen LogP contribution in [0.2, 0.25) is 0 Å². The van der Waals surface area contributed by atoms with Gasteiger partial charge in [0.1, 0.15) is 4.90 Å². The lowest BCUT2D eigenvalue weighted by Crippen LogP contribution is -2.16. The van der Waals surface area contributed by atoms with Gasteiger partial charge in [0, 0.05) is 0 Å². The molecule has 23 heavy (non-hydrogen) atoms. The lowest BCUT2D eigenvalue weighted by molar-refractivity contribution is 0.419. The molecule has 4 heteroatoms.